The largest absolute Gasteiger partial charge is 0.357 e. The minimum absolute atomic E-state index is 0.299. The number of rotatable bonds is 6. The molecule has 3 rings (SSSR count). The molecule has 0 unspecified atom stereocenters. The molecule has 2 N–H and O–H groups in total. The van der Waals surface area contributed by atoms with Gasteiger partial charge in [0.05, 0.1) is 6.54 Å². The maximum atomic E-state index is 5.99. The third kappa shape index (κ3) is 5.04. The predicted octanol–water partition coefficient (Wildman–Crippen LogP) is 3.71. The number of aromatic nitrogens is 2. The van der Waals surface area contributed by atoms with Crippen LogP contribution in [0.2, 0.25) is 5.02 Å². The molecule has 0 radical (unpaired) electrons. The molecular formula is C17H18ClN5OS. The first-order valence-electron chi connectivity index (χ1n) is 7.87. The second kappa shape index (κ2) is 8.64. The van der Waals surface area contributed by atoms with Crippen LogP contribution in [0.5, 0.6) is 0 Å². The van der Waals surface area contributed by atoms with Crippen LogP contribution in [0.1, 0.15) is 17.7 Å². The predicted molar refractivity (Wildman–Crippen MR) is 101 cm³/mol. The molecule has 2 heterocycles. The fourth-order valence-corrected chi connectivity index (χ4v) is 2.97. The topological polar surface area (TPSA) is 75.3 Å². The Kier molecular flexibility index (Phi) is 6.03. The first kappa shape index (κ1) is 17.4. The number of hydrogen-bond acceptors (Lipinski definition) is 5. The molecule has 8 heteroatoms. The second-order valence-corrected chi connectivity index (χ2v) is 6.62. The molecule has 3 aromatic rings. The van der Waals surface area contributed by atoms with Gasteiger partial charge in [-0.05, 0) is 30.5 Å². The molecule has 0 saturated carbocycles. The fourth-order valence-electron chi connectivity index (χ4n) is 2.14. The molecule has 0 aliphatic heterocycles. The lowest BCUT2D eigenvalue weighted by Gasteiger charge is -2.09. The lowest BCUT2D eigenvalue weighted by atomic mass is 10.2. The molecule has 0 aliphatic carbocycles. The Hall–Kier alpha value is -2.38. The molecule has 1 aromatic carbocycles. The summed E-state index contributed by atoms with van der Waals surface area (Å²) >= 11 is 7.69. The van der Waals surface area contributed by atoms with Crippen LogP contribution >= 0.6 is 22.9 Å². The van der Waals surface area contributed by atoms with E-state index in [4.69, 9.17) is 16.1 Å². The summed E-state index contributed by atoms with van der Waals surface area (Å²) in [6, 6.07) is 11.4. The number of aliphatic imine (C=N–C) groups is 1. The molecule has 0 atom stereocenters. The average molecular weight is 376 g/mol. The van der Waals surface area contributed by atoms with Gasteiger partial charge in [-0.1, -0.05) is 35.0 Å². The van der Waals surface area contributed by atoms with E-state index in [1.54, 1.807) is 23.5 Å². The van der Waals surface area contributed by atoms with Crippen molar-refractivity contribution in [2.24, 2.45) is 4.99 Å². The van der Waals surface area contributed by atoms with Gasteiger partial charge in [0, 0.05) is 22.0 Å². The van der Waals surface area contributed by atoms with Gasteiger partial charge in [0.1, 0.15) is 6.54 Å². The van der Waals surface area contributed by atoms with Gasteiger partial charge in [-0.25, -0.2) is 4.99 Å². The number of hydrogen-bond donors (Lipinski definition) is 2. The Morgan fingerprint density at radius 1 is 1.28 bits per heavy atom. The summed E-state index contributed by atoms with van der Waals surface area (Å²) in [4.78, 5) is 10.1. The monoisotopic (exact) mass is 375 g/mol. The van der Waals surface area contributed by atoms with Crippen molar-refractivity contribution in [3.8, 4) is 11.4 Å². The van der Waals surface area contributed by atoms with Crippen molar-refractivity contribution in [3.63, 3.8) is 0 Å². The zero-order valence-corrected chi connectivity index (χ0v) is 15.3. The van der Waals surface area contributed by atoms with E-state index in [0.717, 1.165) is 18.7 Å². The normalized spacial score (nSPS) is 11.5. The molecular weight excluding hydrogens is 358 g/mol. The van der Waals surface area contributed by atoms with Gasteiger partial charge in [0.2, 0.25) is 11.7 Å². The third-order valence-corrected chi connectivity index (χ3v) is 4.39. The van der Waals surface area contributed by atoms with Crippen molar-refractivity contribution in [1.29, 1.82) is 0 Å². The number of thiophene rings is 1. The second-order valence-electron chi connectivity index (χ2n) is 5.15. The summed E-state index contributed by atoms with van der Waals surface area (Å²) in [7, 11) is 0. The van der Waals surface area contributed by atoms with Crippen molar-refractivity contribution in [1.82, 2.24) is 20.8 Å². The van der Waals surface area contributed by atoms with Gasteiger partial charge in [-0.2, -0.15) is 4.98 Å². The van der Waals surface area contributed by atoms with E-state index in [0.29, 0.717) is 29.2 Å². The lowest BCUT2D eigenvalue weighted by Crippen LogP contribution is -2.36. The number of benzene rings is 1. The van der Waals surface area contributed by atoms with Crippen LogP contribution in [-0.2, 0) is 13.1 Å². The van der Waals surface area contributed by atoms with E-state index >= 15 is 0 Å². The standard InChI is InChI=1S/C17H18ClN5OS/c1-2-19-17(20-10-14-7-4-8-25-14)21-11-15-22-16(23-24-15)12-5-3-6-13(18)9-12/h3-9H,2,10-11H2,1H3,(H2,19,20,21). The zero-order valence-electron chi connectivity index (χ0n) is 13.7. The van der Waals surface area contributed by atoms with Gasteiger partial charge >= 0.3 is 0 Å². The fraction of sp³-hybridized carbons (Fsp3) is 0.235. The minimum Gasteiger partial charge on any atom is -0.357 e. The van der Waals surface area contributed by atoms with Crippen LogP contribution in [0.15, 0.2) is 51.3 Å². The summed E-state index contributed by atoms with van der Waals surface area (Å²) in [6.45, 7) is 3.81. The maximum absolute atomic E-state index is 5.99. The van der Waals surface area contributed by atoms with E-state index in [1.165, 1.54) is 4.88 Å². The molecule has 25 heavy (non-hydrogen) atoms. The smallest absolute Gasteiger partial charge is 0.248 e. The first-order chi connectivity index (χ1) is 12.2. The Morgan fingerprint density at radius 2 is 2.20 bits per heavy atom. The van der Waals surface area contributed by atoms with E-state index < -0.39 is 0 Å². The Balaban J connectivity index is 1.64. The van der Waals surface area contributed by atoms with E-state index in [2.05, 4.69) is 37.2 Å². The number of nitrogens with zero attached hydrogens (tertiary/aromatic N) is 3. The van der Waals surface area contributed by atoms with Gasteiger partial charge in [0.25, 0.3) is 0 Å². The number of guanidine groups is 1. The summed E-state index contributed by atoms with van der Waals surface area (Å²) in [5, 5.41) is 13.1. The van der Waals surface area contributed by atoms with Crippen molar-refractivity contribution >= 4 is 28.9 Å². The Morgan fingerprint density at radius 3 is 2.96 bits per heavy atom. The van der Waals surface area contributed by atoms with Gasteiger partial charge in [-0.3, -0.25) is 0 Å². The number of nitrogens with one attached hydrogen (secondary N) is 2. The van der Waals surface area contributed by atoms with E-state index in [9.17, 15) is 0 Å². The third-order valence-electron chi connectivity index (χ3n) is 3.28. The van der Waals surface area contributed by atoms with Crippen molar-refractivity contribution in [2.75, 3.05) is 6.54 Å². The quantitative estimate of drug-likeness (QED) is 0.507. The zero-order chi connectivity index (χ0) is 17.5. The van der Waals surface area contributed by atoms with Gasteiger partial charge < -0.3 is 15.2 Å². The van der Waals surface area contributed by atoms with Crippen LogP contribution in [0.4, 0.5) is 0 Å². The van der Waals surface area contributed by atoms with Crippen LogP contribution in [-0.4, -0.2) is 22.6 Å². The molecule has 0 aliphatic rings. The van der Waals surface area contributed by atoms with Crippen molar-refractivity contribution in [3.05, 3.63) is 57.6 Å². The van der Waals surface area contributed by atoms with Gasteiger partial charge in [-0.15, -0.1) is 11.3 Å². The minimum atomic E-state index is 0.299. The molecule has 0 spiro atoms. The SMILES string of the molecule is CCNC(=NCc1nc(-c2cccc(Cl)c2)no1)NCc1cccs1. The maximum Gasteiger partial charge on any atom is 0.248 e. The van der Waals surface area contributed by atoms with Crippen LogP contribution in [0.25, 0.3) is 11.4 Å². The Labute approximate surface area is 154 Å². The van der Waals surface area contributed by atoms with E-state index in [1.807, 2.05) is 25.1 Å². The molecule has 0 saturated heterocycles. The highest BCUT2D eigenvalue weighted by molar-refractivity contribution is 7.09. The molecule has 6 nitrogen and oxygen atoms in total. The Bertz CT molecular complexity index is 831. The van der Waals surface area contributed by atoms with Gasteiger partial charge in [0.15, 0.2) is 5.96 Å². The molecule has 0 amide bonds. The molecule has 2 aromatic heterocycles. The average Bonchev–Trinajstić information content (AvgIpc) is 3.29. The van der Waals surface area contributed by atoms with Crippen LogP contribution in [0, 0.1) is 0 Å². The first-order valence-corrected chi connectivity index (χ1v) is 9.13. The highest BCUT2D eigenvalue weighted by Gasteiger charge is 2.09. The summed E-state index contributed by atoms with van der Waals surface area (Å²) < 4.78 is 5.27. The number of halogens is 1. The van der Waals surface area contributed by atoms with Crippen molar-refractivity contribution in [2.45, 2.75) is 20.0 Å². The lowest BCUT2D eigenvalue weighted by molar-refractivity contribution is 0.380. The van der Waals surface area contributed by atoms with E-state index in [-0.39, 0.29) is 0 Å². The van der Waals surface area contributed by atoms with Crippen LogP contribution in [0.3, 0.4) is 0 Å². The summed E-state index contributed by atoms with van der Waals surface area (Å²) in [5.41, 5.74) is 0.814. The summed E-state index contributed by atoms with van der Waals surface area (Å²) in [6.07, 6.45) is 0. The highest BCUT2D eigenvalue weighted by Crippen LogP contribution is 2.20. The molecule has 130 valence electrons. The van der Waals surface area contributed by atoms with Crippen LogP contribution < -0.4 is 10.6 Å². The molecule has 0 bridgehead atoms. The summed E-state index contributed by atoms with van der Waals surface area (Å²) in [5.74, 6) is 1.66. The van der Waals surface area contributed by atoms with Crippen molar-refractivity contribution < 1.29 is 4.52 Å². The molecule has 0 fully saturated rings. The highest BCUT2D eigenvalue weighted by atomic mass is 35.5.